The maximum absolute atomic E-state index is 11.5. The zero-order chi connectivity index (χ0) is 12.9. The van der Waals surface area contributed by atoms with Crippen molar-refractivity contribution in [3.05, 3.63) is 0 Å². The smallest absolute Gasteiger partial charge is 0.323 e. The van der Waals surface area contributed by atoms with E-state index in [4.69, 9.17) is 15.6 Å². The van der Waals surface area contributed by atoms with Gasteiger partial charge in [0.15, 0.2) is 0 Å². The summed E-state index contributed by atoms with van der Waals surface area (Å²) in [5.41, 5.74) is 4.72. The molecule has 6 nitrogen and oxygen atoms in total. The number of carboxylic acid groups (broad SMARTS) is 1. The largest absolute Gasteiger partial charge is 0.480 e. The highest BCUT2D eigenvalue weighted by atomic mass is 16.6. The van der Waals surface area contributed by atoms with Gasteiger partial charge in [-0.3, -0.25) is 9.59 Å². The first-order valence-corrected chi connectivity index (χ1v) is 5.08. The molecule has 4 N–H and O–H groups in total. The highest BCUT2D eigenvalue weighted by Crippen LogP contribution is 2.08. The lowest BCUT2D eigenvalue weighted by molar-refractivity contribution is -0.157. The lowest BCUT2D eigenvalue weighted by Crippen LogP contribution is -2.47. The molecule has 2 atom stereocenters. The third-order valence-electron chi connectivity index (χ3n) is 1.72. The number of rotatable bonds is 5. The van der Waals surface area contributed by atoms with Crippen LogP contribution in [0.4, 0.5) is 0 Å². The molecule has 0 heterocycles. The number of carbonyl (C=O) groups is 2. The Bertz CT molecular complexity index is 260. The predicted molar refractivity (Wildman–Crippen MR) is 58.9 cm³/mol. The molecule has 0 aliphatic carbocycles. The second-order valence-corrected chi connectivity index (χ2v) is 4.61. The number of aliphatic carboxylic acids is 1. The van der Waals surface area contributed by atoms with E-state index in [-0.39, 0.29) is 6.54 Å². The van der Waals surface area contributed by atoms with E-state index in [2.05, 4.69) is 5.32 Å². The van der Waals surface area contributed by atoms with Crippen LogP contribution in [0.1, 0.15) is 27.7 Å². The Balaban J connectivity index is 4.02. The quantitative estimate of drug-likeness (QED) is 0.563. The number of hydrogen-bond donors (Lipinski definition) is 3. The fourth-order valence-electron chi connectivity index (χ4n) is 0.865. The molecule has 0 rings (SSSR count). The summed E-state index contributed by atoms with van der Waals surface area (Å²) in [4.78, 5) is 21.9. The number of ether oxygens (including phenoxy) is 1. The lowest BCUT2D eigenvalue weighted by atomic mass is 10.2. The summed E-state index contributed by atoms with van der Waals surface area (Å²) < 4.78 is 5.10. The maximum atomic E-state index is 11.5. The Kier molecular flexibility index (Phi) is 5.40. The fourth-order valence-corrected chi connectivity index (χ4v) is 0.865. The molecule has 0 aliphatic rings. The van der Waals surface area contributed by atoms with Gasteiger partial charge < -0.3 is 20.9 Å². The Hall–Kier alpha value is -1.14. The third kappa shape index (κ3) is 6.36. The second kappa shape index (κ2) is 5.81. The van der Waals surface area contributed by atoms with Crippen molar-refractivity contribution in [3.8, 4) is 0 Å². The van der Waals surface area contributed by atoms with E-state index in [1.54, 1.807) is 27.7 Å². The van der Waals surface area contributed by atoms with Crippen molar-refractivity contribution < 1.29 is 19.4 Å². The van der Waals surface area contributed by atoms with Gasteiger partial charge in [0.2, 0.25) is 0 Å². The highest BCUT2D eigenvalue weighted by molar-refractivity contribution is 5.76. The summed E-state index contributed by atoms with van der Waals surface area (Å²) in [6, 6.07) is -1.60. The molecule has 0 aromatic rings. The molecular weight excluding hydrogens is 212 g/mol. The molecule has 0 radical (unpaired) electrons. The lowest BCUT2D eigenvalue weighted by Gasteiger charge is -2.23. The molecule has 0 fully saturated rings. The van der Waals surface area contributed by atoms with E-state index in [1.807, 2.05) is 0 Å². The topological polar surface area (TPSA) is 102 Å². The van der Waals surface area contributed by atoms with Gasteiger partial charge in [0.05, 0.1) is 0 Å². The van der Waals surface area contributed by atoms with Crippen LogP contribution in [0.25, 0.3) is 0 Å². The molecule has 0 aliphatic heterocycles. The zero-order valence-corrected chi connectivity index (χ0v) is 10.1. The fraction of sp³-hybridized carbons (Fsp3) is 0.800. The van der Waals surface area contributed by atoms with Crippen LogP contribution >= 0.6 is 0 Å². The molecule has 0 spiro atoms. The number of carboxylic acids is 1. The first-order valence-electron chi connectivity index (χ1n) is 5.08. The molecule has 94 valence electrons. The average molecular weight is 232 g/mol. The standard InChI is InChI=1S/C10H20N2O4/c1-6(9(15)16-10(2,3)4)12-5-7(11)8(13)14/h6-7,12H,5,11H2,1-4H3,(H,13,14). The summed E-state index contributed by atoms with van der Waals surface area (Å²) in [5, 5.41) is 11.2. The number of nitrogens with two attached hydrogens (primary N) is 1. The van der Waals surface area contributed by atoms with Crippen LogP contribution in [-0.4, -0.2) is 41.3 Å². The van der Waals surface area contributed by atoms with Gasteiger partial charge in [-0.05, 0) is 27.7 Å². The molecule has 2 unspecified atom stereocenters. The zero-order valence-electron chi connectivity index (χ0n) is 10.1. The summed E-state index contributed by atoms with van der Waals surface area (Å²) >= 11 is 0. The monoisotopic (exact) mass is 232 g/mol. The Morgan fingerprint density at radius 1 is 1.44 bits per heavy atom. The van der Waals surface area contributed by atoms with Crippen LogP contribution < -0.4 is 11.1 Å². The molecule has 0 saturated heterocycles. The van der Waals surface area contributed by atoms with Gasteiger partial charge in [-0.15, -0.1) is 0 Å². The molecule has 6 heteroatoms. The average Bonchev–Trinajstić information content (AvgIpc) is 2.10. The molecule has 0 amide bonds. The first kappa shape index (κ1) is 14.9. The maximum Gasteiger partial charge on any atom is 0.323 e. The SMILES string of the molecule is CC(NCC(N)C(=O)O)C(=O)OC(C)(C)C. The van der Waals surface area contributed by atoms with Crippen molar-refractivity contribution in [2.75, 3.05) is 6.54 Å². The molecule has 16 heavy (non-hydrogen) atoms. The summed E-state index contributed by atoms with van der Waals surface area (Å²) in [5.74, 6) is -1.53. The van der Waals surface area contributed by atoms with E-state index in [1.165, 1.54) is 0 Å². The number of carbonyl (C=O) groups excluding carboxylic acids is 1. The summed E-state index contributed by atoms with van der Waals surface area (Å²) in [6.07, 6.45) is 0. The van der Waals surface area contributed by atoms with Crippen molar-refractivity contribution in [1.29, 1.82) is 0 Å². The van der Waals surface area contributed by atoms with Crippen molar-refractivity contribution >= 4 is 11.9 Å². The van der Waals surface area contributed by atoms with Crippen molar-refractivity contribution in [1.82, 2.24) is 5.32 Å². The molecule has 0 aromatic heterocycles. The van der Waals surface area contributed by atoms with Gasteiger partial charge in [-0.2, -0.15) is 0 Å². The Morgan fingerprint density at radius 2 is 1.94 bits per heavy atom. The van der Waals surface area contributed by atoms with Crippen LogP contribution in [0.3, 0.4) is 0 Å². The second-order valence-electron chi connectivity index (χ2n) is 4.61. The number of esters is 1. The summed E-state index contributed by atoms with van der Waals surface area (Å²) in [7, 11) is 0. The van der Waals surface area contributed by atoms with E-state index in [0.29, 0.717) is 0 Å². The van der Waals surface area contributed by atoms with Gasteiger partial charge in [0, 0.05) is 6.54 Å². The van der Waals surface area contributed by atoms with Crippen LogP contribution in [0.2, 0.25) is 0 Å². The molecular formula is C10H20N2O4. The van der Waals surface area contributed by atoms with Crippen molar-refractivity contribution in [2.45, 2.75) is 45.4 Å². The van der Waals surface area contributed by atoms with Crippen LogP contribution in [0.5, 0.6) is 0 Å². The first-order chi connectivity index (χ1) is 7.13. The van der Waals surface area contributed by atoms with E-state index >= 15 is 0 Å². The van der Waals surface area contributed by atoms with Gasteiger partial charge in [-0.25, -0.2) is 0 Å². The third-order valence-corrected chi connectivity index (χ3v) is 1.72. The number of nitrogens with one attached hydrogen (secondary N) is 1. The van der Waals surface area contributed by atoms with Crippen LogP contribution in [0, 0.1) is 0 Å². The normalized spacial score (nSPS) is 15.3. The van der Waals surface area contributed by atoms with E-state index in [9.17, 15) is 9.59 Å². The minimum atomic E-state index is -1.11. The van der Waals surface area contributed by atoms with E-state index in [0.717, 1.165) is 0 Å². The highest BCUT2D eigenvalue weighted by Gasteiger charge is 2.22. The number of hydrogen-bond acceptors (Lipinski definition) is 5. The Labute approximate surface area is 95.1 Å². The predicted octanol–water partition coefficient (Wildman–Crippen LogP) is -0.282. The van der Waals surface area contributed by atoms with Gasteiger partial charge in [0.1, 0.15) is 17.7 Å². The molecule has 0 bridgehead atoms. The van der Waals surface area contributed by atoms with Crippen molar-refractivity contribution in [3.63, 3.8) is 0 Å². The van der Waals surface area contributed by atoms with Gasteiger partial charge >= 0.3 is 11.9 Å². The van der Waals surface area contributed by atoms with Gasteiger partial charge in [0.25, 0.3) is 0 Å². The van der Waals surface area contributed by atoms with Gasteiger partial charge in [-0.1, -0.05) is 0 Å². The minimum absolute atomic E-state index is 0.0236. The van der Waals surface area contributed by atoms with Crippen LogP contribution in [0.15, 0.2) is 0 Å². The Morgan fingerprint density at radius 3 is 2.31 bits per heavy atom. The van der Waals surface area contributed by atoms with Crippen LogP contribution in [-0.2, 0) is 14.3 Å². The van der Waals surface area contributed by atoms with E-state index < -0.39 is 29.6 Å². The molecule has 0 aromatic carbocycles. The van der Waals surface area contributed by atoms with Crippen molar-refractivity contribution in [2.24, 2.45) is 5.73 Å². The minimum Gasteiger partial charge on any atom is -0.480 e. The molecule has 0 saturated carbocycles. The summed E-state index contributed by atoms with van der Waals surface area (Å²) in [6.45, 7) is 6.92.